The van der Waals surface area contributed by atoms with Crippen LogP contribution in [0.25, 0.3) is 5.69 Å². The maximum absolute atomic E-state index is 12.2. The van der Waals surface area contributed by atoms with Gasteiger partial charge in [-0.25, -0.2) is 4.68 Å². The van der Waals surface area contributed by atoms with Crippen LogP contribution in [0.4, 0.5) is 13.2 Å². The number of benzene rings is 1. The van der Waals surface area contributed by atoms with Gasteiger partial charge in [0.25, 0.3) is 0 Å². The summed E-state index contributed by atoms with van der Waals surface area (Å²) in [7, 11) is 0. The van der Waals surface area contributed by atoms with Gasteiger partial charge in [-0.3, -0.25) is 0 Å². The molecule has 2 aromatic rings. The van der Waals surface area contributed by atoms with Crippen molar-refractivity contribution in [1.82, 2.24) is 15.1 Å². The molecule has 1 atom stereocenters. The lowest BCUT2D eigenvalue weighted by atomic mass is 10.1. The maximum atomic E-state index is 12.2. The van der Waals surface area contributed by atoms with Gasteiger partial charge in [0.05, 0.1) is 12.2 Å². The van der Waals surface area contributed by atoms with Gasteiger partial charge < -0.3 is 5.32 Å². The third kappa shape index (κ3) is 3.82. The number of aromatic nitrogens is 2. The lowest BCUT2D eigenvalue weighted by Crippen LogP contribution is -2.30. The molecular weight excluding hydrogens is 255 g/mol. The molecule has 19 heavy (non-hydrogen) atoms. The number of halogens is 3. The fourth-order valence-electron chi connectivity index (χ4n) is 1.74. The normalized spacial score (nSPS) is 13.5. The highest BCUT2D eigenvalue weighted by Gasteiger charge is 2.27. The summed E-state index contributed by atoms with van der Waals surface area (Å²) < 4.78 is 38.1. The van der Waals surface area contributed by atoms with Crippen LogP contribution in [-0.4, -0.2) is 22.5 Å². The standard InChI is InChI=1S/C13H14F3N3/c1-10(17-9-13(14,15)16)11-4-2-5-12(8-11)19-7-3-6-18-19/h2-8,10,17H,9H2,1H3. The largest absolute Gasteiger partial charge is 0.401 e. The molecule has 0 saturated carbocycles. The number of hydrogen-bond acceptors (Lipinski definition) is 2. The highest BCUT2D eigenvalue weighted by atomic mass is 19.4. The second kappa shape index (κ2) is 5.44. The predicted molar refractivity (Wildman–Crippen MR) is 66.0 cm³/mol. The Bertz CT molecular complexity index is 520. The Balaban J connectivity index is 2.10. The average Bonchev–Trinajstić information content (AvgIpc) is 2.89. The van der Waals surface area contributed by atoms with E-state index in [2.05, 4.69) is 10.4 Å². The summed E-state index contributed by atoms with van der Waals surface area (Å²) in [5.41, 5.74) is 1.61. The molecule has 1 heterocycles. The van der Waals surface area contributed by atoms with E-state index < -0.39 is 12.7 Å². The molecule has 1 unspecified atom stereocenters. The maximum Gasteiger partial charge on any atom is 0.401 e. The molecule has 3 nitrogen and oxygen atoms in total. The second-order valence-corrected chi connectivity index (χ2v) is 4.26. The smallest absolute Gasteiger partial charge is 0.302 e. The molecule has 1 aromatic carbocycles. The van der Waals surface area contributed by atoms with Crippen molar-refractivity contribution in [3.05, 3.63) is 48.3 Å². The Morgan fingerprint density at radius 2 is 2.11 bits per heavy atom. The van der Waals surface area contributed by atoms with Gasteiger partial charge in [-0.2, -0.15) is 18.3 Å². The Morgan fingerprint density at radius 1 is 1.32 bits per heavy atom. The predicted octanol–water partition coefficient (Wildman–Crippen LogP) is 3.09. The average molecular weight is 269 g/mol. The fourth-order valence-corrected chi connectivity index (χ4v) is 1.74. The number of hydrogen-bond donors (Lipinski definition) is 1. The van der Waals surface area contributed by atoms with Crippen LogP contribution in [0.3, 0.4) is 0 Å². The first kappa shape index (κ1) is 13.6. The molecule has 0 radical (unpaired) electrons. The van der Waals surface area contributed by atoms with E-state index in [1.165, 1.54) is 0 Å². The summed E-state index contributed by atoms with van der Waals surface area (Å²) in [4.78, 5) is 0. The van der Waals surface area contributed by atoms with Crippen molar-refractivity contribution >= 4 is 0 Å². The molecule has 102 valence electrons. The molecule has 0 spiro atoms. The first-order valence-electron chi connectivity index (χ1n) is 5.86. The van der Waals surface area contributed by atoms with Crippen molar-refractivity contribution in [2.75, 3.05) is 6.54 Å². The minimum absolute atomic E-state index is 0.378. The molecule has 0 aliphatic heterocycles. The van der Waals surface area contributed by atoms with E-state index >= 15 is 0 Å². The van der Waals surface area contributed by atoms with Gasteiger partial charge in [-0.1, -0.05) is 12.1 Å². The zero-order valence-electron chi connectivity index (χ0n) is 10.4. The number of rotatable bonds is 4. The van der Waals surface area contributed by atoms with Crippen molar-refractivity contribution in [3.63, 3.8) is 0 Å². The molecule has 0 saturated heterocycles. The third-order valence-corrected chi connectivity index (χ3v) is 2.75. The third-order valence-electron chi connectivity index (χ3n) is 2.75. The molecule has 0 aliphatic rings. The Labute approximate surface area is 109 Å². The molecule has 0 amide bonds. The summed E-state index contributed by atoms with van der Waals surface area (Å²) in [5, 5.41) is 6.55. The summed E-state index contributed by atoms with van der Waals surface area (Å²) in [6.45, 7) is 0.702. The number of alkyl halides is 3. The molecule has 1 aromatic heterocycles. The summed E-state index contributed by atoms with van der Waals surface area (Å²) in [6, 6.07) is 8.68. The summed E-state index contributed by atoms with van der Waals surface area (Å²) in [6.07, 6.45) is -0.765. The second-order valence-electron chi connectivity index (χ2n) is 4.26. The number of nitrogens with zero attached hydrogens (tertiary/aromatic N) is 2. The topological polar surface area (TPSA) is 29.9 Å². The fraction of sp³-hybridized carbons (Fsp3) is 0.308. The van der Waals surface area contributed by atoms with Crippen molar-refractivity contribution in [1.29, 1.82) is 0 Å². The highest BCUT2D eigenvalue weighted by Crippen LogP contribution is 2.19. The van der Waals surface area contributed by atoms with Gasteiger partial charge in [0, 0.05) is 18.4 Å². The van der Waals surface area contributed by atoms with Gasteiger partial charge in [-0.05, 0) is 30.7 Å². The van der Waals surface area contributed by atoms with Gasteiger partial charge in [0.1, 0.15) is 0 Å². The van der Waals surface area contributed by atoms with Crippen molar-refractivity contribution in [3.8, 4) is 5.69 Å². The van der Waals surface area contributed by atoms with Crippen LogP contribution >= 0.6 is 0 Å². The van der Waals surface area contributed by atoms with Crippen LogP contribution in [0.2, 0.25) is 0 Å². The molecule has 2 rings (SSSR count). The van der Waals surface area contributed by atoms with E-state index in [1.54, 1.807) is 42.2 Å². The minimum Gasteiger partial charge on any atom is -0.302 e. The minimum atomic E-state index is -4.20. The molecule has 0 aliphatic carbocycles. The van der Waals surface area contributed by atoms with Crippen LogP contribution in [-0.2, 0) is 0 Å². The molecule has 1 N–H and O–H groups in total. The van der Waals surface area contributed by atoms with Gasteiger partial charge in [0.15, 0.2) is 0 Å². The van der Waals surface area contributed by atoms with Crippen LogP contribution in [0.15, 0.2) is 42.7 Å². The number of nitrogens with one attached hydrogen (secondary N) is 1. The van der Waals surface area contributed by atoms with E-state index in [4.69, 9.17) is 0 Å². The van der Waals surface area contributed by atoms with E-state index in [9.17, 15) is 13.2 Å². The van der Waals surface area contributed by atoms with Crippen molar-refractivity contribution in [2.24, 2.45) is 0 Å². The summed E-state index contributed by atoms with van der Waals surface area (Å²) >= 11 is 0. The quantitative estimate of drug-likeness (QED) is 0.924. The Hall–Kier alpha value is -1.82. The highest BCUT2D eigenvalue weighted by molar-refractivity contribution is 5.36. The van der Waals surface area contributed by atoms with Gasteiger partial charge in [0.2, 0.25) is 0 Å². The molecular formula is C13H14F3N3. The van der Waals surface area contributed by atoms with Crippen LogP contribution in [0.1, 0.15) is 18.5 Å². The lowest BCUT2D eigenvalue weighted by Gasteiger charge is -2.16. The van der Waals surface area contributed by atoms with Gasteiger partial charge >= 0.3 is 6.18 Å². The van der Waals surface area contributed by atoms with E-state index in [0.29, 0.717) is 0 Å². The monoisotopic (exact) mass is 269 g/mol. The van der Waals surface area contributed by atoms with E-state index in [1.807, 2.05) is 12.1 Å². The lowest BCUT2D eigenvalue weighted by molar-refractivity contribution is -0.126. The Kier molecular flexibility index (Phi) is 3.90. The van der Waals surface area contributed by atoms with Crippen molar-refractivity contribution < 1.29 is 13.2 Å². The van der Waals surface area contributed by atoms with Crippen molar-refractivity contribution in [2.45, 2.75) is 19.1 Å². The van der Waals surface area contributed by atoms with Crippen LogP contribution in [0, 0.1) is 0 Å². The molecule has 6 heteroatoms. The zero-order valence-corrected chi connectivity index (χ0v) is 10.4. The summed E-state index contributed by atoms with van der Waals surface area (Å²) in [5.74, 6) is 0. The molecule has 0 fully saturated rings. The van der Waals surface area contributed by atoms with Crippen LogP contribution in [0.5, 0.6) is 0 Å². The first-order chi connectivity index (χ1) is 8.96. The SMILES string of the molecule is CC(NCC(F)(F)F)c1cccc(-n2cccn2)c1. The molecule has 0 bridgehead atoms. The van der Waals surface area contributed by atoms with Crippen LogP contribution < -0.4 is 5.32 Å². The zero-order chi connectivity index (χ0) is 13.9. The van der Waals surface area contributed by atoms with E-state index in [0.717, 1.165) is 11.3 Å². The first-order valence-corrected chi connectivity index (χ1v) is 5.86. The Morgan fingerprint density at radius 3 is 2.74 bits per heavy atom. The van der Waals surface area contributed by atoms with E-state index in [-0.39, 0.29) is 6.04 Å². The van der Waals surface area contributed by atoms with Gasteiger partial charge in [-0.15, -0.1) is 0 Å².